The number of aromatic nitrogens is 2. The average molecular weight is 243 g/mol. The highest BCUT2D eigenvalue weighted by atomic mass is 15.3. The summed E-state index contributed by atoms with van der Waals surface area (Å²) in [6.45, 7) is 7.22. The molecule has 18 heavy (non-hydrogen) atoms. The van der Waals surface area contributed by atoms with Crippen molar-refractivity contribution in [1.29, 1.82) is 0 Å². The Labute approximate surface area is 109 Å². The summed E-state index contributed by atoms with van der Waals surface area (Å²) in [5, 5.41) is 7.94. The Morgan fingerprint density at radius 3 is 2.33 bits per heavy atom. The summed E-state index contributed by atoms with van der Waals surface area (Å²) < 4.78 is 2.14. The first-order valence-corrected chi connectivity index (χ1v) is 6.37. The Hall–Kier alpha value is -1.61. The molecule has 1 unspecified atom stereocenters. The van der Waals surface area contributed by atoms with E-state index in [0.717, 1.165) is 12.2 Å². The highest BCUT2D eigenvalue weighted by molar-refractivity contribution is 5.27. The number of benzene rings is 1. The molecule has 0 aliphatic carbocycles. The fourth-order valence-corrected chi connectivity index (χ4v) is 2.26. The quantitative estimate of drug-likeness (QED) is 0.894. The fourth-order valence-electron chi connectivity index (χ4n) is 2.26. The lowest BCUT2D eigenvalue weighted by Crippen LogP contribution is -2.25. The van der Waals surface area contributed by atoms with Crippen LogP contribution < -0.4 is 5.32 Å². The van der Waals surface area contributed by atoms with Gasteiger partial charge >= 0.3 is 0 Å². The van der Waals surface area contributed by atoms with Crippen LogP contribution in [-0.4, -0.2) is 23.4 Å². The van der Waals surface area contributed by atoms with Crippen LogP contribution in [0.4, 0.5) is 0 Å². The summed E-state index contributed by atoms with van der Waals surface area (Å²) in [6.07, 6.45) is 0. The zero-order valence-electron chi connectivity index (χ0n) is 11.6. The summed E-state index contributed by atoms with van der Waals surface area (Å²) >= 11 is 0. The maximum atomic E-state index is 4.68. The molecule has 3 nitrogen and oxygen atoms in total. The third-order valence-electron chi connectivity index (χ3n) is 3.56. The highest BCUT2D eigenvalue weighted by Crippen LogP contribution is 2.22. The SMILES string of the molecule is CNCC(c1ccccc1)n1nc(C)c(C)c1C. The molecular formula is C15H21N3. The van der Waals surface area contributed by atoms with Gasteiger partial charge in [-0.25, -0.2) is 0 Å². The van der Waals surface area contributed by atoms with Crippen molar-refractivity contribution in [3.63, 3.8) is 0 Å². The van der Waals surface area contributed by atoms with Crippen molar-refractivity contribution in [3.8, 4) is 0 Å². The van der Waals surface area contributed by atoms with Gasteiger partial charge in [-0.05, 0) is 38.9 Å². The first-order valence-electron chi connectivity index (χ1n) is 6.37. The third-order valence-corrected chi connectivity index (χ3v) is 3.56. The standard InChI is InChI=1S/C15H21N3/c1-11-12(2)17-18(13(11)3)15(10-16-4)14-8-6-5-7-9-14/h5-9,15-16H,10H2,1-4H3. The number of aryl methyl sites for hydroxylation is 1. The maximum absolute atomic E-state index is 4.68. The molecule has 0 saturated carbocycles. The van der Waals surface area contributed by atoms with Crippen LogP contribution in [0.15, 0.2) is 30.3 Å². The topological polar surface area (TPSA) is 29.9 Å². The van der Waals surface area contributed by atoms with Crippen LogP contribution in [0.2, 0.25) is 0 Å². The Kier molecular flexibility index (Phi) is 3.82. The lowest BCUT2D eigenvalue weighted by atomic mass is 10.1. The first-order chi connectivity index (χ1) is 8.65. The Morgan fingerprint density at radius 1 is 1.17 bits per heavy atom. The van der Waals surface area contributed by atoms with E-state index in [2.05, 4.69) is 60.1 Å². The van der Waals surface area contributed by atoms with Gasteiger partial charge in [-0.1, -0.05) is 30.3 Å². The molecule has 3 heteroatoms. The minimum atomic E-state index is 0.253. The van der Waals surface area contributed by atoms with Crippen LogP contribution in [-0.2, 0) is 0 Å². The van der Waals surface area contributed by atoms with Gasteiger partial charge in [0.15, 0.2) is 0 Å². The summed E-state index contributed by atoms with van der Waals surface area (Å²) in [5.74, 6) is 0. The number of nitrogens with zero attached hydrogens (tertiary/aromatic N) is 2. The van der Waals surface area contributed by atoms with Gasteiger partial charge in [0.25, 0.3) is 0 Å². The summed E-state index contributed by atoms with van der Waals surface area (Å²) in [6, 6.07) is 10.8. The highest BCUT2D eigenvalue weighted by Gasteiger charge is 2.17. The maximum Gasteiger partial charge on any atom is 0.0895 e. The number of rotatable bonds is 4. The second kappa shape index (κ2) is 5.36. The fraction of sp³-hybridized carbons (Fsp3) is 0.400. The first kappa shape index (κ1) is 12.8. The van der Waals surface area contributed by atoms with E-state index < -0.39 is 0 Å². The molecule has 1 aromatic heterocycles. The monoisotopic (exact) mass is 243 g/mol. The van der Waals surface area contributed by atoms with Crippen LogP contribution in [0.25, 0.3) is 0 Å². The predicted octanol–water partition coefficient (Wildman–Crippen LogP) is 2.62. The normalized spacial score (nSPS) is 12.7. The van der Waals surface area contributed by atoms with Crippen molar-refractivity contribution in [2.45, 2.75) is 26.8 Å². The third kappa shape index (κ3) is 2.31. The molecule has 0 saturated heterocycles. The van der Waals surface area contributed by atoms with E-state index in [1.165, 1.54) is 16.8 Å². The minimum Gasteiger partial charge on any atom is -0.317 e. The molecule has 0 aliphatic rings. The summed E-state index contributed by atoms with van der Waals surface area (Å²) in [7, 11) is 1.98. The van der Waals surface area contributed by atoms with Gasteiger partial charge in [0.1, 0.15) is 0 Å². The molecule has 0 radical (unpaired) electrons. The molecule has 1 N–H and O–H groups in total. The molecule has 1 atom stereocenters. The zero-order chi connectivity index (χ0) is 13.1. The van der Waals surface area contributed by atoms with E-state index in [1.807, 2.05) is 13.1 Å². The van der Waals surface area contributed by atoms with Crippen LogP contribution in [0.1, 0.15) is 28.6 Å². The lowest BCUT2D eigenvalue weighted by molar-refractivity contribution is 0.487. The van der Waals surface area contributed by atoms with E-state index >= 15 is 0 Å². The Morgan fingerprint density at radius 2 is 1.83 bits per heavy atom. The van der Waals surface area contributed by atoms with Crippen molar-refractivity contribution in [2.24, 2.45) is 0 Å². The summed E-state index contributed by atoms with van der Waals surface area (Å²) in [5.41, 5.74) is 4.94. The van der Waals surface area contributed by atoms with Gasteiger partial charge in [-0.3, -0.25) is 4.68 Å². The largest absolute Gasteiger partial charge is 0.317 e. The molecule has 0 spiro atoms. The Balaban J connectivity index is 2.45. The number of likely N-dealkylation sites (N-methyl/N-ethyl adjacent to an activating group) is 1. The molecule has 96 valence electrons. The van der Waals surface area contributed by atoms with E-state index in [1.54, 1.807) is 0 Å². The van der Waals surface area contributed by atoms with Crippen LogP contribution >= 0.6 is 0 Å². The number of hydrogen-bond acceptors (Lipinski definition) is 2. The predicted molar refractivity (Wildman–Crippen MR) is 74.9 cm³/mol. The molecular weight excluding hydrogens is 222 g/mol. The minimum absolute atomic E-state index is 0.253. The van der Waals surface area contributed by atoms with Crippen molar-refractivity contribution >= 4 is 0 Å². The second-order valence-electron chi connectivity index (χ2n) is 4.72. The van der Waals surface area contributed by atoms with E-state index in [4.69, 9.17) is 0 Å². The van der Waals surface area contributed by atoms with Gasteiger partial charge in [-0.2, -0.15) is 5.10 Å². The van der Waals surface area contributed by atoms with Crippen molar-refractivity contribution in [2.75, 3.05) is 13.6 Å². The second-order valence-corrected chi connectivity index (χ2v) is 4.72. The molecule has 1 heterocycles. The van der Waals surface area contributed by atoms with Crippen molar-refractivity contribution in [3.05, 3.63) is 52.8 Å². The molecule has 0 fully saturated rings. The van der Waals surface area contributed by atoms with Crippen molar-refractivity contribution in [1.82, 2.24) is 15.1 Å². The van der Waals surface area contributed by atoms with Crippen molar-refractivity contribution < 1.29 is 0 Å². The molecule has 0 bridgehead atoms. The van der Waals surface area contributed by atoms with E-state index in [0.29, 0.717) is 0 Å². The van der Waals surface area contributed by atoms with Gasteiger partial charge in [0.2, 0.25) is 0 Å². The molecule has 0 amide bonds. The number of hydrogen-bond donors (Lipinski definition) is 1. The van der Waals surface area contributed by atoms with Gasteiger partial charge < -0.3 is 5.32 Å². The van der Waals surface area contributed by atoms with Gasteiger partial charge in [0.05, 0.1) is 11.7 Å². The smallest absolute Gasteiger partial charge is 0.0895 e. The molecule has 1 aromatic carbocycles. The summed E-state index contributed by atoms with van der Waals surface area (Å²) in [4.78, 5) is 0. The number of nitrogens with one attached hydrogen (secondary N) is 1. The van der Waals surface area contributed by atoms with Crippen LogP contribution in [0.3, 0.4) is 0 Å². The van der Waals surface area contributed by atoms with E-state index in [-0.39, 0.29) is 6.04 Å². The van der Waals surface area contributed by atoms with Gasteiger partial charge in [0, 0.05) is 12.2 Å². The molecule has 0 aliphatic heterocycles. The van der Waals surface area contributed by atoms with Crippen LogP contribution in [0, 0.1) is 20.8 Å². The zero-order valence-corrected chi connectivity index (χ0v) is 11.6. The van der Waals surface area contributed by atoms with E-state index in [9.17, 15) is 0 Å². The average Bonchev–Trinajstić information content (AvgIpc) is 2.65. The van der Waals surface area contributed by atoms with Crippen LogP contribution in [0.5, 0.6) is 0 Å². The molecule has 2 aromatic rings. The van der Waals surface area contributed by atoms with Gasteiger partial charge in [-0.15, -0.1) is 0 Å². The molecule has 2 rings (SSSR count). The Bertz CT molecular complexity index is 514. The lowest BCUT2D eigenvalue weighted by Gasteiger charge is -2.19.